The largest absolute Gasteiger partial charge is 0.382 e. The van der Waals surface area contributed by atoms with E-state index in [1.165, 1.54) is 25.0 Å². The van der Waals surface area contributed by atoms with Crippen molar-refractivity contribution in [2.45, 2.75) is 24.7 Å². The molecule has 0 spiro atoms. The summed E-state index contributed by atoms with van der Waals surface area (Å²) in [4.78, 5) is 6.72. The summed E-state index contributed by atoms with van der Waals surface area (Å²) < 4.78 is 24.6. The third-order valence-corrected chi connectivity index (χ3v) is 5.88. The highest BCUT2D eigenvalue weighted by molar-refractivity contribution is 7.98. The molecule has 14 nitrogen and oxygen atoms in total. The van der Waals surface area contributed by atoms with Crippen LogP contribution in [0.25, 0.3) is 22.2 Å². The van der Waals surface area contributed by atoms with E-state index in [2.05, 4.69) is 22.0 Å². The van der Waals surface area contributed by atoms with E-state index in [4.69, 9.17) is 33.3 Å². The number of hydrazine groups is 1. The van der Waals surface area contributed by atoms with Gasteiger partial charge >= 0.3 is 0 Å². The molecule has 0 radical (unpaired) electrons. The van der Waals surface area contributed by atoms with Crippen molar-refractivity contribution in [2.75, 3.05) is 16.7 Å². The molecule has 16 heteroatoms. The van der Waals surface area contributed by atoms with Gasteiger partial charge in [0.15, 0.2) is 11.8 Å². The van der Waals surface area contributed by atoms with Crippen LogP contribution in [0.4, 0.5) is 11.6 Å². The molecular formula is C18H29N11O3S2. The van der Waals surface area contributed by atoms with Crippen molar-refractivity contribution in [1.82, 2.24) is 15.5 Å². The Kier molecular flexibility index (Phi) is 9.45. The lowest BCUT2D eigenvalue weighted by atomic mass is 9.96. The summed E-state index contributed by atoms with van der Waals surface area (Å²) in [5, 5.41) is 24.8. The van der Waals surface area contributed by atoms with Crippen molar-refractivity contribution < 1.29 is 13.6 Å². The first-order valence-electron chi connectivity index (χ1n) is 9.90. The number of nitrogens with zero attached hydrogens (tertiary/aromatic N) is 3. The van der Waals surface area contributed by atoms with Gasteiger partial charge in [0, 0.05) is 5.56 Å². The maximum Gasteiger partial charge on any atom is 0.240 e. The minimum Gasteiger partial charge on any atom is -0.382 e. The molecule has 1 heterocycles. The minimum atomic E-state index is -4.27. The van der Waals surface area contributed by atoms with Crippen LogP contribution in [0, 0.1) is 0 Å². The molecule has 0 saturated carbocycles. The number of nitrogens with two attached hydrogens (primary N) is 6. The van der Waals surface area contributed by atoms with Crippen LogP contribution in [-0.2, 0) is 10.0 Å². The van der Waals surface area contributed by atoms with E-state index in [1.807, 2.05) is 5.53 Å². The first-order valence-corrected chi connectivity index (χ1v) is 12.3. The Labute approximate surface area is 201 Å². The lowest BCUT2D eigenvalue weighted by molar-refractivity contribution is 0.329. The van der Waals surface area contributed by atoms with E-state index in [0.717, 1.165) is 6.54 Å². The number of anilines is 2. The number of nitrogens with one attached hydrogen (secondary N) is 2. The number of fused-ring (bicyclic) bond motifs is 1. The summed E-state index contributed by atoms with van der Waals surface area (Å²) in [6.07, 6.45) is 2.39. The number of amidine groups is 1. The normalized spacial score (nSPS) is 11.8. The maximum absolute atomic E-state index is 12.1. The maximum atomic E-state index is 12.1. The van der Waals surface area contributed by atoms with Crippen molar-refractivity contribution >= 4 is 50.7 Å². The van der Waals surface area contributed by atoms with Crippen molar-refractivity contribution in [3.63, 3.8) is 0 Å². The highest BCUT2D eigenvalue weighted by atomic mass is 32.2. The zero-order valence-corrected chi connectivity index (χ0v) is 20.0. The highest BCUT2D eigenvalue weighted by Crippen LogP contribution is 2.39. The Bertz CT molecular complexity index is 1260. The lowest BCUT2D eigenvalue weighted by Gasteiger charge is -2.22. The minimum absolute atomic E-state index is 0.00370. The third-order valence-electron chi connectivity index (χ3n) is 4.56. The van der Waals surface area contributed by atoms with Crippen LogP contribution >= 0.6 is 12.1 Å². The van der Waals surface area contributed by atoms with Crippen LogP contribution in [0.5, 0.6) is 0 Å². The number of benzene rings is 2. The molecule has 0 atom stereocenters. The van der Waals surface area contributed by atoms with E-state index in [-0.39, 0.29) is 23.0 Å². The Morgan fingerprint density at radius 3 is 2.53 bits per heavy atom. The number of hydrogen-bond donors (Lipinski definition) is 9. The number of para-hydroxylation sites is 1. The van der Waals surface area contributed by atoms with Crippen molar-refractivity contribution in [2.24, 2.45) is 32.7 Å². The topological polar surface area (TPSA) is 267 Å². The van der Waals surface area contributed by atoms with Crippen LogP contribution in [0.15, 0.2) is 40.3 Å². The van der Waals surface area contributed by atoms with Gasteiger partial charge in [-0.15, -0.1) is 5.10 Å². The SMILES string of the molecule is CCCCN.NN/N=C(\N)c1c(-c2cccc3[nH]c(N)nc23)ccc(S(N)(=O)=O)c1N(O)SN. The van der Waals surface area contributed by atoms with E-state index in [9.17, 15) is 13.6 Å². The van der Waals surface area contributed by atoms with Gasteiger partial charge in [0.2, 0.25) is 10.0 Å². The molecule has 3 rings (SSSR count). The number of aromatic nitrogens is 2. The molecule has 0 aliphatic heterocycles. The predicted molar refractivity (Wildman–Crippen MR) is 135 cm³/mol. The fourth-order valence-electron chi connectivity index (χ4n) is 3.13. The van der Waals surface area contributed by atoms with Crippen molar-refractivity contribution in [1.29, 1.82) is 0 Å². The molecule has 15 N–H and O–H groups in total. The summed E-state index contributed by atoms with van der Waals surface area (Å²) in [7, 11) is -4.27. The van der Waals surface area contributed by atoms with Gasteiger partial charge in [-0.25, -0.2) is 29.9 Å². The first kappa shape index (κ1) is 27.1. The Morgan fingerprint density at radius 2 is 2.00 bits per heavy atom. The second-order valence-corrected chi connectivity index (χ2v) is 8.94. The van der Waals surface area contributed by atoms with Crippen LogP contribution in [0.2, 0.25) is 0 Å². The number of primary sulfonamides is 1. The number of sulfonamides is 1. The second-order valence-electron chi connectivity index (χ2n) is 6.85. The standard InChI is InChI=1S/C14H18N10O3S2.C4H11N/c15-13(22-23-17)10-6(7-2-1-3-8-11(7)21-14(16)20-8)4-5-9(29(19,26)27)12(10)24(25)28-18;1-2-3-4-5/h1-5,23,25H,17-18H2,(H2,15,22)(H3,16,20,21)(H2,19,26,27);2-5H2,1H3. The van der Waals surface area contributed by atoms with Gasteiger partial charge in [-0.2, -0.15) is 4.47 Å². The summed E-state index contributed by atoms with van der Waals surface area (Å²) in [5.41, 5.74) is 20.7. The number of hydrogen-bond acceptors (Lipinski definition) is 12. The number of hydrazone groups is 1. The van der Waals surface area contributed by atoms with Gasteiger partial charge < -0.3 is 22.2 Å². The molecule has 0 fully saturated rings. The molecule has 0 aliphatic rings. The Hall–Kier alpha value is -3.12. The van der Waals surface area contributed by atoms with Crippen LogP contribution in [0.1, 0.15) is 25.3 Å². The van der Waals surface area contributed by atoms with E-state index >= 15 is 0 Å². The number of aromatic amines is 1. The van der Waals surface area contributed by atoms with Crippen LogP contribution in [0.3, 0.4) is 0 Å². The molecule has 34 heavy (non-hydrogen) atoms. The second kappa shape index (κ2) is 11.8. The van der Waals surface area contributed by atoms with Gasteiger partial charge in [-0.1, -0.05) is 31.5 Å². The summed E-state index contributed by atoms with van der Waals surface area (Å²) in [6.45, 7) is 2.98. The van der Waals surface area contributed by atoms with Gasteiger partial charge in [-0.05, 0) is 30.7 Å². The van der Waals surface area contributed by atoms with Crippen LogP contribution in [-0.4, -0.2) is 36.0 Å². The molecule has 0 amide bonds. The van der Waals surface area contributed by atoms with Gasteiger partial charge in [0.05, 0.1) is 28.7 Å². The quantitative estimate of drug-likeness (QED) is 0.0636. The van der Waals surface area contributed by atoms with Gasteiger partial charge in [0.25, 0.3) is 0 Å². The number of unbranched alkanes of at least 4 members (excludes halogenated alkanes) is 1. The third kappa shape index (κ3) is 6.06. The van der Waals surface area contributed by atoms with Crippen LogP contribution < -0.4 is 43.3 Å². The molecule has 1 aromatic heterocycles. The van der Waals surface area contributed by atoms with Crippen molar-refractivity contribution in [3.05, 3.63) is 35.9 Å². The first-order chi connectivity index (χ1) is 16.1. The average Bonchev–Trinajstić information content (AvgIpc) is 3.18. The fourth-order valence-corrected chi connectivity index (χ4v) is 4.19. The molecule has 2 aromatic carbocycles. The predicted octanol–water partition coefficient (Wildman–Crippen LogP) is 0.00580. The number of imidazole rings is 1. The highest BCUT2D eigenvalue weighted by Gasteiger charge is 2.28. The van der Waals surface area contributed by atoms with E-state index < -0.39 is 14.9 Å². The number of rotatable bonds is 8. The number of H-pyrrole nitrogens is 1. The molecule has 0 aliphatic carbocycles. The molecule has 0 unspecified atom stereocenters. The Balaban J connectivity index is 0.000000739. The zero-order valence-electron chi connectivity index (χ0n) is 18.4. The smallest absolute Gasteiger partial charge is 0.240 e. The summed E-state index contributed by atoms with van der Waals surface area (Å²) in [5.74, 6) is 5.17. The number of nitrogen functional groups attached to an aromatic ring is 1. The fraction of sp³-hybridized carbons (Fsp3) is 0.222. The van der Waals surface area contributed by atoms with E-state index in [1.54, 1.807) is 18.2 Å². The van der Waals surface area contributed by atoms with Crippen molar-refractivity contribution in [3.8, 4) is 11.1 Å². The van der Waals surface area contributed by atoms with Gasteiger partial charge in [0.1, 0.15) is 10.6 Å². The average molecular weight is 512 g/mol. The molecular weight excluding hydrogens is 482 g/mol. The molecule has 0 saturated heterocycles. The van der Waals surface area contributed by atoms with Gasteiger partial charge in [-0.3, -0.25) is 10.3 Å². The zero-order chi connectivity index (χ0) is 25.5. The molecule has 186 valence electrons. The molecule has 3 aromatic rings. The lowest BCUT2D eigenvalue weighted by Crippen LogP contribution is -2.28. The Morgan fingerprint density at radius 1 is 1.29 bits per heavy atom. The summed E-state index contributed by atoms with van der Waals surface area (Å²) in [6, 6.07) is 7.86. The summed E-state index contributed by atoms with van der Waals surface area (Å²) >= 11 is 0.334. The molecule has 0 bridgehead atoms. The monoisotopic (exact) mass is 511 g/mol. The van der Waals surface area contributed by atoms with E-state index in [0.29, 0.717) is 38.8 Å².